The van der Waals surface area contributed by atoms with Crippen LogP contribution in [0.5, 0.6) is 0 Å². The Kier molecular flexibility index (Phi) is 6.74. The first-order valence-electron chi connectivity index (χ1n) is 7.64. The molecule has 128 valence electrons. The second-order valence-electron chi connectivity index (χ2n) is 5.40. The fourth-order valence-corrected chi connectivity index (χ4v) is 3.27. The molecule has 6 nitrogen and oxygen atoms in total. The van der Waals surface area contributed by atoms with Gasteiger partial charge in [0.25, 0.3) is 0 Å². The quantitative estimate of drug-likeness (QED) is 0.581. The zero-order chi connectivity index (χ0) is 17.5. The van der Waals surface area contributed by atoms with E-state index in [-0.39, 0.29) is 23.5 Å². The molecule has 0 aliphatic carbocycles. The topological polar surface area (TPSA) is 84.0 Å². The minimum atomic E-state index is -0.116. The van der Waals surface area contributed by atoms with E-state index in [1.807, 2.05) is 38.1 Å². The lowest BCUT2D eigenvalue weighted by atomic mass is 10.1. The smallest absolute Gasteiger partial charge is 0.234 e. The van der Waals surface area contributed by atoms with Crippen molar-refractivity contribution >= 4 is 45.7 Å². The van der Waals surface area contributed by atoms with Gasteiger partial charge in [-0.25, -0.2) is 0 Å². The maximum Gasteiger partial charge on any atom is 0.234 e. The summed E-state index contributed by atoms with van der Waals surface area (Å²) in [4.78, 5) is 23.6. The van der Waals surface area contributed by atoms with Gasteiger partial charge in [0.1, 0.15) is 0 Å². The van der Waals surface area contributed by atoms with Gasteiger partial charge in [-0.15, -0.1) is 10.2 Å². The maximum atomic E-state index is 12.0. The van der Waals surface area contributed by atoms with Crippen molar-refractivity contribution in [1.82, 2.24) is 10.2 Å². The van der Waals surface area contributed by atoms with Crippen LogP contribution in [0, 0.1) is 5.92 Å². The highest BCUT2D eigenvalue weighted by molar-refractivity contribution is 8.01. The summed E-state index contributed by atoms with van der Waals surface area (Å²) in [6, 6.07) is 7.78. The number of aryl methyl sites for hydroxylation is 1. The first-order chi connectivity index (χ1) is 11.5. The number of rotatable bonds is 7. The van der Waals surface area contributed by atoms with Gasteiger partial charge in [-0.2, -0.15) is 0 Å². The van der Waals surface area contributed by atoms with Crippen LogP contribution in [0.4, 0.5) is 10.8 Å². The molecule has 2 N–H and O–H groups in total. The summed E-state index contributed by atoms with van der Waals surface area (Å²) in [5, 5.41) is 13.9. The molecule has 24 heavy (non-hydrogen) atoms. The van der Waals surface area contributed by atoms with Crippen LogP contribution in [0.1, 0.15) is 26.3 Å². The third-order valence-electron chi connectivity index (χ3n) is 3.13. The van der Waals surface area contributed by atoms with E-state index < -0.39 is 0 Å². The standard InChI is InChI=1S/C16H20N4O2S2/c1-4-11-5-7-12(8-6-11)17-13(21)9-23-16-20-19-15(24-16)18-14(22)10(2)3/h5-8,10H,4,9H2,1-3H3,(H,17,21)(H,18,19,22). The van der Waals surface area contributed by atoms with E-state index in [2.05, 4.69) is 27.8 Å². The number of amides is 2. The Morgan fingerprint density at radius 1 is 1.17 bits per heavy atom. The van der Waals surface area contributed by atoms with Crippen molar-refractivity contribution in [1.29, 1.82) is 0 Å². The third-order valence-corrected chi connectivity index (χ3v) is 5.11. The van der Waals surface area contributed by atoms with Gasteiger partial charge in [0.05, 0.1) is 5.75 Å². The van der Waals surface area contributed by atoms with Crippen LogP contribution < -0.4 is 10.6 Å². The molecule has 8 heteroatoms. The summed E-state index contributed by atoms with van der Waals surface area (Å²) >= 11 is 2.55. The van der Waals surface area contributed by atoms with E-state index in [0.717, 1.165) is 12.1 Å². The number of carbonyl (C=O) groups is 2. The van der Waals surface area contributed by atoms with Gasteiger partial charge in [-0.05, 0) is 24.1 Å². The highest BCUT2D eigenvalue weighted by atomic mass is 32.2. The summed E-state index contributed by atoms with van der Waals surface area (Å²) in [6.07, 6.45) is 0.969. The predicted octanol–water partition coefficient (Wildman–Crippen LogP) is 3.43. The van der Waals surface area contributed by atoms with E-state index >= 15 is 0 Å². The molecule has 2 amide bonds. The van der Waals surface area contributed by atoms with Crippen molar-refractivity contribution in [2.24, 2.45) is 5.92 Å². The van der Waals surface area contributed by atoms with Crippen LogP contribution in [-0.2, 0) is 16.0 Å². The molecule has 0 atom stereocenters. The third kappa shape index (κ3) is 5.61. The number of hydrogen-bond acceptors (Lipinski definition) is 6. The molecule has 0 saturated carbocycles. The SMILES string of the molecule is CCc1ccc(NC(=O)CSc2nnc(NC(=O)C(C)C)s2)cc1. The molecular formula is C16H20N4O2S2. The minimum Gasteiger partial charge on any atom is -0.325 e. The monoisotopic (exact) mass is 364 g/mol. The fourth-order valence-electron chi connectivity index (χ4n) is 1.72. The summed E-state index contributed by atoms with van der Waals surface area (Å²) in [6.45, 7) is 5.71. The second kappa shape index (κ2) is 8.79. The lowest BCUT2D eigenvalue weighted by Gasteiger charge is -2.05. The highest BCUT2D eigenvalue weighted by Gasteiger charge is 2.12. The van der Waals surface area contributed by atoms with Crippen LogP contribution in [-0.4, -0.2) is 27.8 Å². The number of aromatic nitrogens is 2. The van der Waals surface area contributed by atoms with Crippen molar-refractivity contribution in [2.45, 2.75) is 31.5 Å². The Morgan fingerprint density at radius 3 is 2.50 bits per heavy atom. The van der Waals surface area contributed by atoms with Crippen molar-refractivity contribution in [3.05, 3.63) is 29.8 Å². The molecule has 0 saturated heterocycles. The number of nitrogens with one attached hydrogen (secondary N) is 2. The number of thioether (sulfide) groups is 1. The van der Waals surface area contributed by atoms with Gasteiger partial charge in [-0.3, -0.25) is 9.59 Å². The van der Waals surface area contributed by atoms with Gasteiger partial charge >= 0.3 is 0 Å². The molecule has 0 bridgehead atoms. The van der Waals surface area contributed by atoms with Crippen molar-refractivity contribution in [2.75, 3.05) is 16.4 Å². The molecule has 0 fully saturated rings. The molecule has 1 aromatic carbocycles. The summed E-state index contributed by atoms with van der Waals surface area (Å²) in [7, 11) is 0. The van der Waals surface area contributed by atoms with Crippen LogP contribution in [0.25, 0.3) is 0 Å². The normalized spacial score (nSPS) is 10.7. The van der Waals surface area contributed by atoms with Gasteiger partial charge < -0.3 is 10.6 Å². The van der Waals surface area contributed by atoms with Gasteiger partial charge in [0, 0.05) is 11.6 Å². The molecule has 0 radical (unpaired) electrons. The molecule has 2 rings (SSSR count). The van der Waals surface area contributed by atoms with E-state index in [4.69, 9.17) is 0 Å². The second-order valence-corrected chi connectivity index (χ2v) is 7.60. The zero-order valence-electron chi connectivity index (χ0n) is 13.8. The summed E-state index contributed by atoms with van der Waals surface area (Å²) in [5.41, 5.74) is 2.01. The Labute approximate surface area is 149 Å². The van der Waals surface area contributed by atoms with Gasteiger partial charge in [0.2, 0.25) is 16.9 Å². The van der Waals surface area contributed by atoms with Crippen LogP contribution in [0.15, 0.2) is 28.6 Å². The Bertz CT molecular complexity index is 698. The van der Waals surface area contributed by atoms with Crippen LogP contribution in [0.3, 0.4) is 0 Å². The molecular weight excluding hydrogens is 344 g/mol. The number of benzene rings is 1. The molecule has 1 heterocycles. The van der Waals surface area contributed by atoms with E-state index in [1.165, 1.54) is 28.7 Å². The number of anilines is 2. The summed E-state index contributed by atoms with van der Waals surface area (Å²) in [5.74, 6) is -0.0829. The van der Waals surface area contributed by atoms with Gasteiger partial charge in [-0.1, -0.05) is 56.0 Å². The van der Waals surface area contributed by atoms with Crippen LogP contribution in [0.2, 0.25) is 0 Å². The number of nitrogens with zero attached hydrogens (tertiary/aromatic N) is 2. The molecule has 1 aromatic heterocycles. The Morgan fingerprint density at radius 2 is 1.88 bits per heavy atom. The average molecular weight is 364 g/mol. The number of hydrogen-bond donors (Lipinski definition) is 2. The Hall–Kier alpha value is -1.93. The van der Waals surface area contributed by atoms with Crippen molar-refractivity contribution in [3.63, 3.8) is 0 Å². The van der Waals surface area contributed by atoms with Crippen molar-refractivity contribution < 1.29 is 9.59 Å². The first-order valence-corrected chi connectivity index (χ1v) is 9.44. The van der Waals surface area contributed by atoms with Gasteiger partial charge in [0.15, 0.2) is 4.34 Å². The molecule has 0 aliphatic rings. The van der Waals surface area contributed by atoms with E-state index in [1.54, 1.807) is 0 Å². The maximum absolute atomic E-state index is 12.0. The lowest BCUT2D eigenvalue weighted by molar-refractivity contribution is -0.119. The molecule has 0 unspecified atom stereocenters. The lowest BCUT2D eigenvalue weighted by Crippen LogP contribution is -2.17. The van der Waals surface area contributed by atoms with Crippen LogP contribution >= 0.6 is 23.1 Å². The van der Waals surface area contributed by atoms with E-state index in [9.17, 15) is 9.59 Å². The van der Waals surface area contributed by atoms with Crippen molar-refractivity contribution in [3.8, 4) is 0 Å². The van der Waals surface area contributed by atoms with E-state index in [0.29, 0.717) is 9.47 Å². The molecule has 0 spiro atoms. The fraction of sp³-hybridized carbons (Fsp3) is 0.375. The first kappa shape index (κ1) is 18.4. The molecule has 2 aromatic rings. The average Bonchev–Trinajstić information content (AvgIpc) is 3.01. The number of carbonyl (C=O) groups excluding carboxylic acids is 2. The zero-order valence-corrected chi connectivity index (χ0v) is 15.5. The predicted molar refractivity (Wildman–Crippen MR) is 98.6 cm³/mol. The minimum absolute atomic E-state index is 0.101. The summed E-state index contributed by atoms with van der Waals surface area (Å²) < 4.78 is 0.644. The largest absolute Gasteiger partial charge is 0.325 e. The highest BCUT2D eigenvalue weighted by Crippen LogP contribution is 2.25. The Balaban J connectivity index is 1.81. The molecule has 0 aliphatic heterocycles.